The van der Waals surface area contributed by atoms with E-state index in [2.05, 4.69) is 86.3 Å². The lowest BCUT2D eigenvalue weighted by atomic mass is 9.41. The molecular weight excluding hydrogens is 621 g/mol. The van der Waals surface area contributed by atoms with Gasteiger partial charge in [0.2, 0.25) is 0 Å². The zero-order valence-corrected chi connectivity index (χ0v) is 35.1. The van der Waals surface area contributed by atoms with Gasteiger partial charge in [0.25, 0.3) is 0 Å². The lowest BCUT2D eigenvalue weighted by Crippen LogP contribution is -2.58. The molecule has 0 aliphatic heterocycles. The molecule has 290 valence electrons. The molecule has 2 nitrogen and oxygen atoms in total. The summed E-state index contributed by atoms with van der Waals surface area (Å²) in [5.41, 5.74) is 3.53. The van der Waals surface area contributed by atoms with Crippen LogP contribution in [0.25, 0.3) is 0 Å². The predicted molar refractivity (Wildman–Crippen MR) is 218 cm³/mol. The Morgan fingerprint density at radius 1 is 0.725 bits per heavy atom. The Morgan fingerprint density at radius 3 is 2.08 bits per heavy atom. The van der Waals surface area contributed by atoms with Gasteiger partial charge in [-0.15, -0.1) is 0 Å². The summed E-state index contributed by atoms with van der Waals surface area (Å²) >= 11 is 0. The van der Waals surface area contributed by atoms with Crippen molar-refractivity contribution in [3.8, 4) is 0 Å². The molecule has 5 saturated carbocycles. The highest BCUT2D eigenvalue weighted by Gasteiger charge is 2.82. The number of hydrogen-bond acceptors (Lipinski definition) is 2. The molecule has 0 saturated heterocycles. The minimum atomic E-state index is 0.0675. The predicted octanol–water partition coefficient (Wildman–Crippen LogP) is 14.8. The number of hydrogen-bond donors (Lipinski definition) is 0. The fourth-order valence-electron chi connectivity index (χ4n) is 13.7. The van der Waals surface area contributed by atoms with Crippen molar-refractivity contribution < 1.29 is 9.53 Å². The minimum Gasteiger partial charge on any atom is -0.462 e. The Kier molecular flexibility index (Phi) is 13.6. The zero-order valence-electron chi connectivity index (χ0n) is 35.1. The van der Waals surface area contributed by atoms with E-state index in [1.165, 1.54) is 121 Å². The highest BCUT2D eigenvalue weighted by Crippen LogP contribution is 2.89. The second kappa shape index (κ2) is 17.0. The van der Waals surface area contributed by atoms with Gasteiger partial charge in [-0.05, 0) is 160 Å². The molecule has 2 spiro atoms. The van der Waals surface area contributed by atoms with Crippen molar-refractivity contribution in [2.45, 2.75) is 209 Å². The summed E-state index contributed by atoms with van der Waals surface area (Å²) in [6, 6.07) is 0. The largest absolute Gasteiger partial charge is 0.462 e. The van der Waals surface area contributed by atoms with Gasteiger partial charge in [-0.25, -0.2) is 0 Å². The second-order valence-electron chi connectivity index (χ2n) is 20.3. The fourth-order valence-corrected chi connectivity index (χ4v) is 13.7. The van der Waals surface area contributed by atoms with Crippen LogP contribution in [0.2, 0.25) is 0 Å². The van der Waals surface area contributed by atoms with Gasteiger partial charge >= 0.3 is 5.97 Å². The van der Waals surface area contributed by atoms with Gasteiger partial charge in [-0.1, -0.05) is 124 Å². The standard InChI is InChI=1S/C49H82O2/c1-10-11-12-13-14-15-16-17-18-19-20-21-22-23-24-25-44(50)51-43-31-33-48-36-49(48)35-34-46(8)40(39(5)27-26-38(4)37(2)3)30-32-47(46,9)42(49)29-28-41(48)45(43,6)7/h14-15,17-18,37,39-43H,4,10-13,16,19-36H2,1-3,5-9H3/b15-14-,18-17-/t39-,40-,41+,42+,43+,46-,47+,48-,49+/m1/s1. The molecule has 0 aromatic rings. The summed E-state index contributed by atoms with van der Waals surface area (Å²) < 4.78 is 6.41. The number of esters is 1. The van der Waals surface area contributed by atoms with E-state index >= 15 is 0 Å². The number of rotatable bonds is 20. The lowest BCUT2D eigenvalue weighted by molar-refractivity contribution is -0.183. The molecular formula is C49H82O2. The number of ether oxygens (including phenoxy) is 1. The molecule has 0 aromatic carbocycles. The van der Waals surface area contributed by atoms with Gasteiger partial charge in [0.1, 0.15) is 6.10 Å². The topological polar surface area (TPSA) is 26.3 Å². The summed E-state index contributed by atoms with van der Waals surface area (Å²) in [7, 11) is 0. The van der Waals surface area contributed by atoms with Gasteiger partial charge in [0.05, 0.1) is 0 Å². The van der Waals surface area contributed by atoms with Crippen LogP contribution in [-0.4, -0.2) is 12.1 Å². The Hall–Kier alpha value is -1.31. The molecule has 2 heteroatoms. The van der Waals surface area contributed by atoms with Gasteiger partial charge in [-0.3, -0.25) is 4.79 Å². The SMILES string of the molecule is C=C(CC[C@@H](C)[C@H]1CC[C@@]2(C)[C@@H]3CC[C@H]4C(C)(C)[C@@H](OC(=O)CCCCCCC/C=C\C/C=C\CCCCC)CC[C@@]45C[C@@]35CC[C@]12C)C(C)C. The Morgan fingerprint density at radius 2 is 1.37 bits per heavy atom. The van der Waals surface area contributed by atoms with E-state index in [0.29, 0.717) is 39.9 Å². The normalized spacial score (nSPS) is 37.2. The van der Waals surface area contributed by atoms with Crippen molar-refractivity contribution in [1.82, 2.24) is 0 Å². The Bertz CT molecular complexity index is 1220. The summed E-state index contributed by atoms with van der Waals surface area (Å²) in [5.74, 6) is 3.91. The number of fused-ring (bicyclic) bond motifs is 2. The van der Waals surface area contributed by atoms with Crippen LogP contribution in [0.5, 0.6) is 0 Å². The first-order valence-corrected chi connectivity index (χ1v) is 22.5. The lowest BCUT2D eigenvalue weighted by Gasteiger charge is -2.63. The van der Waals surface area contributed by atoms with E-state index in [9.17, 15) is 4.79 Å². The smallest absolute Gasteiger partial charge is 0.306 e. The molecule has 5 aliphatic rings. The Balaban J connectivity index is 1.05. The average molecular weight is 703 g/mol. The van der Waals surface area contributed by atoms with Crippen molar-refractivity contribution in [1.29, 1.82) is 0 Å². The van der Waals surface area contributed by atoms with Gasteiger partial charge in [0.15, 0.2) is 0 Å². The highest BCUT2D eigenvalue weighted by atomic mass is 16.5. The van der Waals surface area contributed by atoms with Gasteiger partial charge < -0.3 is 4.74 Å². The van der Waals surface area contributed by atoms with Gasteiger partial charge in [0, 0.05) is 11.8 Å². The zero-order chi connectivity index (χ0) is 36.9. The molecule has 5 fully saturated rings. The molecule has 0 bridgehead atoms. The van der Waals surface area contributed by atoms with Crippen molar-refractivity contribution in [2.24, 2.45) is 56.7 Å². The third-order valence-corrected chi connectivity index (χ3v) is 17.1. The number of carbonyl (C=O) groups is 1. The summed E-state index contributed by atoms with van der Waals surface area (Å²) in [6.07, 6.45) is 38.2. The minimum absolute atomic E-state index is 0.0675. The van der Waals surface area contributed by atoms with Crippen molar-refractivity contribution in [3.05, 3.63) is 36.5 Å². The number of unbranched alkanes of at least 4 members (excludes halogenated alkanes) is 8. The third kappa shape index (κ3) is 8.07. The van der Waals surface area contributed by atoms with Crippen molar-refractivity contribution in [2.75, 3.05) is 0 Å². The molecule has 9 atom stereocenters. The van der Waals surface area contributed by atoms with Crippen LogP contribution in [0.15, 0.2) is 36.5 Å². The second-order valence-corrected chi connectivity index (χ2v) is 20.3. The van der Waals surface area contributed by atoms with E-state index in [-0.39, 0.29) is 17.5 Å². The van der Waals surface area contributed by atoms with Crippen LogP contribution in [-0.2, 0) is 9.53 Å². The molecule has 5 aliphatic carbocycles. The molecule has 5 rings (SSSR count). The average Bonchev–Trinajstić information content (AvgIpc) is 3.67. The highest BCUT2D eigenvalue weighted by molar-refractivity contribution is 5.69. The molecule has 0 amide bonds. The monoisotopic (exact) mass is 703 g/mol. The molecule has 0 radical (unpaired) electrons. The molecule has 0 unspecified atom stereocenters. The molecule has 0 N–H and O–H groups in total. The van der Waals surface area contributed by atoms with Crippen LogP contribution in [0.4, 0.5) is 0 Å². The molecule has 0 aromatic heterocycles. The number of allylic oxidation sites excluding steroid dienone is 5. The first-order valence-electron chi connectivity index (χ1n) is 22.5. The maximum absolute atomic E-state index is 13.2. The van der Waals surface area contributed by atoms with Crippen molar-refractivity contribution >= 4 is 5.97 Å². The van der Waals surface area contributed by atoms with Gasteiger partial charge in [-0.2, -0.15) is 0 Å². The Labute approximate surface area is 316 Å². The maximum atomic E-state index is 13.2. The van der Waals surface area contributed by atoms with E-state index in [4.69, 9.17) is 4.74 Å². The van der Waals surface area contributed by atoms with E-state index < -0.39 is 0 Å². The van der Waals surface area contributed by atoms with Crippen LogP contribution in [0.3, 0.4) is 0 Å². The quantitative estimate of drug-likeness (QED) is 0.0717. The van der Waals surface area contributed by atoms with E-state index in [1.807, 2.05) is 0 Å². The number of carbonyl (C=O) groups excluding carboxylic acids is 1. The summed E-state index contributed by atoms with van der Waals surface area (Å²) in [5, 5.41) is 0. The van der Waals surface area contributed by atoms with Crippen molar-refractivity contribution in [3.63, 3.8) is 0 Å². The fraction of sp³-hybridized carbons (Fsp3) is 0.857. The van der Waals surface area contributed by atoms with Crippen LogP contribution < -0.4 is 0 Å². The van der Waals surface area contributed by atoms with Crippen LogP contribution in [0, 0.1) is 56.7 Å². The first kappa shape index (κ1) is 40.9. The summed E-state index contributed by atoms with van der Waals surface area (Å²) in [4.78, 5) is 13.2. The first-order chi connectivity index (χ1) is 24.3. The van der Waals surface area contributed by atoms with Crippen LogP contribution >= 0.6 is 0 Å². The third-order valence-electron chi connectivity index (χ3n) is 17.1. The van der Waals surface area contributed by atoms with Crippen LogP contribution in [0.1, 0.15) is 203 Å². The summed E-state index contributed by atoms with van der Waals surface area (Å²) in [6.45, 7) is 24.3. The molecule has 51 heavy (non-hydrogen) atoms. The van der Waals surface area contributed by atoms with E-state index in [1.54, 1.807) is 0 Å². The van der Waals surface area contributed by atoms with E-state index in [0.717, 1.165) is 43.4 Å². The maximum Gasteiger partial charge on any atom is 0.306 e. The molecule has 0 heterocycles.